The Labute approximate surface area is 196 Å². The predicted octanol–water partition coefficient (Wildman–Crippen LogP) is 5.16. The first-order valence-electron chi connectivity index (χ1n) is 11.4. The molecule has 0 saturated carbocycles. The van der Waals surface area contributed by atoms with Gasteiger partial charge in [-0.2, -0.15) is 0 Å². The number of benzene rings is 5. The average Bonchev–Trinajstić information content (AvgIpc) is 2.91. The van der Waals surface area contributed by atoms with E-state index in [0.29, 0.717) is 6.54 Å². The minimum absolute atomic E-state index is 0.568. The second-order valence-corrected chi connectivity index (χ2v) is 12.1. The van der Waals surface area contributed by atoms with Crippen LogP contribution in [0.25, 0.3) is 11.1 Å². The number of nitrogens with two attached hydrogens (primary N) is 1. The van der Waals surface area contributed by atoms with Crippen LogP contribution < -0.4 is 27.0 Å². The summed E-state index contributed by atoms with van der Waals surface area (Å²) in [6.45, 7) is 0.568. The van der Waals surface area contributed by atoms with E-state index in [-0.39, 0.29) is 0 Å². The Morgan fingerprint density at radius 2 is 0.727 bits per heavy atom. The third-order valence-corrected chi connectivity index (χ3v) is 11.3. The third kappa shape index (κ3) is 4.02. The van der Waals surface area contributed by atoms with E-state index in [1.807, 2.05) is 0 Å². The van der Waals surface area contributed by atoms with E-state index in [1.165, 1.54) is 32.3 Å². The van der Waals surface area contributed by atoms with Crippen molar-refractivity contribution in [2.45, 2.75) is 6.54 Å². The molecule has 0 unspecified atom stereocenters. The Hall–Kier alpha value is -3.51. The quantitative estimate of drug-likeness (QED) is 0.359. The van der Waals surface area contributed by atoms with Crippen LogP contribution in [0.5, 0.6) is 0 Å². The molecule has 2 heteroatoms. The van der Waals surface area contributed by atoms with Gasteiger partial charge in [-0.25, -0.2) is 0 Å². The SMILES string of the molecule is NCc1ccc(-c2ccc([PH](c3ccccc3)(c3ccccc3)c3ccccc3)cc2)cc1. The second-order valence-electron chi connectivity index (χ2n) is 8.33. The molecule has 1 nitrogen and oxygen atoms in total. The van der Waals surface area contributed by atoms with Gasteiger partial charge in [0.25, 0.3) is 0 Å². The first kappa shape index (κ1) is 21.3. The number of rotatable bonds is 6. The summed E-state index contributed by atoms with van der Waals surface area (Å²) in [6.07, 6.45) is 0. The monoisotopic (exact) mass is 445 g/mol. The molecule has 0 aliphatic heterocycles. The Morgan fingerprint density at radius 1 is 0.394 bits per heavy atom. The summed E-state index contributed by atoms with van der Waals surface area (Å²) in [6, 6.07) is 50.8. The van der Waals surface area contributed by atoms with Crippen molar-refractivity contribution in [3.05, 3.63) is 145 Å². The van der Waals surface area contributed by atoms with E-state index >= 15 is 0 Å². The number of hydrogen-bond acceptors (Lipinski definition) is 1. The Bertz CT molecular complexity index is 1200. The molecule has 162 valence electrons. The molecule has 0 aliphatic rings. The van der Waals surface area contributed by atoms with Crippen molar-refractivity contribution >= 4 is 28.5 Å². The van der Waals surface area contributed by atoms with Crippen LogP contribution in [0.3, 0.4) is 0 Å². The van der Waals surface area contributed by atoms with Gasteiger partial charge in [0.2, 0.25) is 0 Å². The van der Waals surface area contributed by atoms with E-state index in [4.69, 9.17) is 5.73 Å². The topological polar surface area (TPSA) is 26.0 Å². The van der Waals surface area contributed by atoms with Gasteiger partial charge in [0.15, 0.2) is 0 Å². The van der Waals surface area contributed by atoms with Crippen molar-refractivity contribution < 1.29 is 0 Å². The molecule has 0 aliphatic carbocycles. The molecule has 5 aromatic rings. The fourth-order valence-corrected chi connectivity index (χ4v) is 9.55. The molecule has 0 heterocycles. The third-order valence-electron chi connectivity index (χ3n) is 6.46. The van der Waals surface area contributed by atoms with Gasteiger partial charge in [-0.3, -0.25) is 0 Å². The maximum atomic E-state index is 5.78. The van der Waals surface area contributed by atoms with E-state index < -0.39 is 7.26 Å². The van der Waals surface area contributed by atoms with E-state index in [9.17, 15) is 0 Å². The van der Waals surface area contributed by atoms with Crippen LogP contribution in [-0.4, -0.2) is 0 Å². The van der Waals surface area contributed by atoms with Crippen molar-refractivity contribution in [1.82, 2.24) is 0 Å². The van der Waals surface area contributed by atoms with Crippen LogP contribution in [0.1, 0.15) is 5.56 Å². The van der Waals surface area contributed by atoms with Crippen LogP contribution in [0, 0.1) is 0 Å². The molecule has 0 bridgehead atoms. The van der Waals surface area contributed by atoms with E-state index in [2.05, 4.69) is 140 Å². The van der Waals surface area contributed by atoms with Gasteiger partial charge in [-0.1, -0.05) is 0 Å². The zero-order chi connectivity index (χ0) is 22.5. The Kier molecular flexibility index (Phi) is 6.17. The van der Waals surface area contributed by atoms with E-state index in [0.717, 1.165) is 5.56 Å². The van der Waals surface area contributed by atoms with Gasteiger partial charge in [0, 0.05) is 0 Å². The second kappa shape index (κ2) is 9.55. The zero-order valence-corrected chi connectivity index (χ0v) is 19.6. The summed E-state index contributed by atoms with van der Waals surface area (Å²) in [4.78, 5) is 0. The molecule has 0 radical (unpaired) electrons. The summed E-state index contributed by atoms with van der Waals surface area (Å²) in [5, 5.41) is 5.56. The summed E-state index contributed by atoms with van der Waals surface area (Å²) in [7, 11) is -2.46. The summed E-state index contributed by atoms with van der Waals surface area (Å²) < 4.78 is 0. The van der Waals surface area contributed by atoms with Gasteiger partial charge in [0.05, 0.1) is 0 Å². The first-order valence-corrected chi connectivity index (χ1v) is 13.4. The van der Waals surface area contributed by atoms with Crippen LogP contribution in [-0.2, 0) is 6.54 Å². The molecule has 0 saturated heterocycles. The summed E-state index contributed by atoms with van der Waals surface area (Å²) in [5.41, 5.74) is 9.36. The Balaban J connectivity index is 1.72. The van der Waals surface area contributed by atoms with Crippen LogP contribution in [0.4, 0.5) is 0 Å². The zero-order valence-electron chi connectivity index (χ0n) is 18.6. The molecular weight excluding hydrogens is 417 g/mol. The van der Waals surface area contributed by atoms with Crippen LogP contribution >= 0.6 is 7.26 Å². The molecule has 33 heavy (non-hydrogen) atoms. The minimum atomic E-state index is -2.46. The average molecular weight is 446 g/mol. The van der Waals surface area contributed by atoms with Crippen molar-refractivity contribution in [3.8, 4) is 11.1 Å². The van der Waals surface area contributed by atoms with Gasteiger partial charge >= 0.3 is 197 Å². The molecule has 2 N–H and O–H groups in total. The predicted molar refractivity (Wildman–Crippen MR) is 146 cm³/mol. The molecule has 0 fully saturated rings. The Morgan fingerprint density at radius 3 is 1.09 bits per heavy atom. The standard InChI is InChI=1S/C31H28NP/c32-24-25-16-18-26(19-17-25)27-20-22-31(23-21-27)33(28-10-4-1-5-11-28,29-12-6-2-7-13-29)30-14-8-3-9-15-30/h1-23,33H,24,32H2. The van der Waals surface area contributed by atoms with Crippen molar-refractivity contribution in [1.29, 1.82) is 0 Å². The van der Waals surface area contributed by atoms with Crippen molar-refractivity contribution in [2.75, 3.05) is 0 Å². The summed E-state index contributed by atoms with van der Waals surface area (Å²) in [5.74, 6) is 0. The molecule has 0 amide bonds. The van der Waals surface area contributed by atoms with Gasteiger partial charge in [-0.15, -0.1) is 0 Å². The first-order chi connectivity index (χ1) is 16.3. The van der Waals surface area contributed by atoms with Crippen LogP contribution in [0.2, 0.25) is 0 Å². The summed E-state index contributed by atoms with van der Waals surface area (Å²) >= 11 is 0. The van der Waals surface area contributed by atoms with Crippen molar-refractivity contribution in [3.63, 3.8) is 0 Å². The van der Waals surface area contributed by atoms with Gasteiger partial charge < -0.3 is 0 Å². The molecule has 0 atom stereocenters. The van der Waals surface area contributed by atoms with Crippen molar-refractivity contribution in [2.24, 2.45) is 5.73 Å². The van der Waals surface area contributed by atoms with Gasteiger partial charge in [-0.05, 0) is 0 Å². The maximum absolute atomic E-state index is 5.78. The normalized spacial score (nSPS) is 11.8. The number of hydrogen-bond donors (Lipinski definition) is 1. The molecule has 0 spiro atoms. The fourth-order valence-electron chi connectivity index (χ4n) is 4.81. The molecular formula is C31H28NP. The van der Waals surface area contributed by atoms with Gasteiger partial charge in [0.1, 0.15) is 0 Å². The van der Waals surface area contributed by atoms with Crippen LogP contribution in [0.15, 0.2) is 140 Å². The fraction of sp³-hybridized carbons (Fsp3) is 0.0323. The molecule has 0 aromatic heterocycles. The molecule has 5 aromatic carbocycles. The molecule has 5 rings (SSSR count). The van der Waals surface area contributed by atoms with E-state index in [1.54, 1.807) is 0 Å².